The Morgan fingerprint density at radius 3 is 1.94 bits per heavy atom. The van der Waals surface area contributed by atoms with Crippen molar-refractivity contribution in [1.82, 2.24) is 20.4 Å². The quantitative estimate of drug-likeness (QED) is 0.330. The average Bonchev–Trinajstić information content (AvgIpc) is 3.35. The van der Waals surface area contributed by atoms with E-state index in [9.17, 15) is 4.79 Å². The Balaban J connectivity index is 1.40. The van der Waals surface area contributed by atoms with Gasteiger partial charge in [0.15, 0.2) is 5.82 Å². The Kier molecular flexibility index (Phi) is 6.78. The van der Waals surface area contributed by atoms with Gasteiger partial charge in [-0.05, 0) is 53.1 Å². The summed E-state index contributed by atoms with van der Waals surface area (Å²) >= 11 is 0. The van der Waals surface area contributed by atoms with Crippen molar-refractivity contribution in [3.05, 3.63) is 108 Å². The topological polar surface area (TPSA) is 71.3 Å². The number of aryl methyl sites for hydroxylation is 1. The van der Waals surface area contributed by atoms with Gasteiger partial charge in [-0.1, -0.05) is 90.1 Å². The number of likely N-dealkylation sites (N-methyl/N-ethyl adjacent to an activating group) is 2. The second-order valence-electron chi connectivity index (χ2n) is 9.26. The first kappa shape index (κ1) is 23.7. The molecule has 0 radical (unpaired) electrons. The van der Waals surface area contributed by atoms with Crippen LogP contribution in [0.5, 0.6) is 0 Å². The van der Waals surface area contributed by atoms with Crippen LogP contribution < -0.4 is 5.32 Å². The summed E-state index contributed by atoms with van der Waals surface area (Å²) < 4.78 is 5.56. The van der Waals surface area contributed by atoms with Crippen molar-refractivity contribution in [2.75, 3.05) is 14.1 Å². The fourth-order valence-corrected chi connectivity index (χ4v) is 4.74. The molecule has 0 unspecified atom stereocenters. The molecule has 1 amide bonds. The van der Waals surface area contributed by atoms with Crippen LogP contribution in [0.4, 0.5) is 0 Å². The summed E-state index contributed by atoms with van der Waals surface area (Å²) in [5, 5.41) is 11.9. The zero-order chi connectivity index (χ0) is 25.1. The monoisotopic (exact) mass is 478 g/mol. The first-order valence-corrected chi connectivity index (χ1v) is 12.2. The zero-order valence-corrected chi connectivity index (χ0v) is 20.8. The van der Waals surface area contributed by atoms with E-state index in [1.807, 2.05) is 38.4 Å². The highest BCUT2D eigenvalue weighted by Crippen LogP contribution is 2.26. The third-order valence-corrected chi connectivity index (χ3v) is 6.79. The lowest BCUT2D eigenvalue weighted by Crippen LogP contribution is -2.46. The van der Waals surface area contributed by atoms with Crippen molar-refractivity contribution < 1.29 is 9.32 Å². The lowest BCUT2D eigenvalue weighted by atomic mass is 9.98. The highest BCUT2D eigenvalue weighted by atomic mass is 16.5. The molecule has 0 fully saturated rings. The predicted molar refractivity (Wildman–Crippen MR) is 143 cm³/mol. The van der Waals surface area contributed by atoms with Crippen LogP contribution in [0.1, 0.15) is 28.9 Å². The maximum absolute atomic E-state index is 13.7. The summed E-state index contributed by atoms with van der Waals surface area (Å²) in [4.78, 5) is 20.0. The average molecular weight is 479 g/mol. The fourth-order valence-electron chi connectivity index (χ4n) is 4.74. The molecule has 5 aromatic rings. The van der Waals surface area contributed by atoms with Gasteiger partial charge in [0.1, 0.15) is 6.04 Å². The second kappa shape index (κ2) is 10.3. The maximum Gasteiger partial charge on any atom is 0.249 e. The number of amides is 1. The fraction of sp³-hybridized carbons (Fsp3) is 0.233. The van der Waals surface area contributed by atoms with Gasteiger partial charge >= 0.3 is 0 Å². The summed E-state index contributed by atoms with van der Waals surface area (Å²) in [7, 11) is 3.64. The van der Waals surface area contributed by atoms with Crippen molar-refractivity contribution in [2.24, 2.45) is 0 Å². The molecule has 0 spiro atoms. The van der Waals surface area contributed by atoms with Gasteiger partial charge in [-0.3, -0.25) is 4.79 Å². The van der Waals surface area contributed by atoms with E-state index in [0.29, 0.717) is 24.6 Å². The van der Waals surface area contributed by atoms with Crippen LogP contribution in [-0.4, -0.2) is 41.1 Å². The summed E-state index contributed by atoms with van der Waals surface area (Å²) in [6.45, 7) is 1.79. The SMILES string of the molecule is CN[C@H](Cc1ccc2ccccc2c1)C(=O)N(C)[C@H](Cc1ccc2ccccc2c1)c1nc(C)no1. The number of benzene rings is 4. The number of nitrogens with zero attached hydrogens (tertiary/aromatic N) is 3. The molecule has 1 N–H and O–H groups in total. The van der Waals surface area contributed by atoms with Crippen LogP contribution in [0, 0.1) is 6.92 Å². The molecule has 0 aliphatic heterocycles. The van der Waals surface area contributed by atoms with Crippen LogP contribution in [0.15, 0.2) is 89.5 Å². The summed E-state index contributed by atoms with van der Waals surface area (Å²) in [6.07, 6.45) is 1.15. The van der Waals surface area contributed by atoms with Gasteiger partial charge in [-0.25, -0.2) is 0 Å². The lowest BCUT2D eigenvalue weighted by molar-refractivity contribution is -0.134. The van der Waals surface area contributed by atoms with Crippen molar-refractivity contribution >= 4 is 27.5 Å². The Hall–Kier alpha value is -4.03. The maximum atomic E-state index is 13.7. The normalized spacial score (nSPS) is 13.1. The van der Waals surface area contributed by atoms with Crippen LogP contribution >= 0.6 is 0 Å². The number of hydrogen-bond donors (Lipinski definition) is 1. The van der Waals surface area contributed by atoms with E-state index in [4.69, 9.17) is 4.52 Å². The molecule has 0 aliphatic rings. The predicted octanol–water partition coefficient (Wildman–Crippen LogP) is 5.26. The minimum absolute atomic E-state index is 0.0210. The van der Waals surface area contributed by atoms with E-state index in [2.05, 4.69) is 76.1 Å². The number of carbonyl (C=O) groups is 1. The first-order chi connectivity index (χ1) is 17.5. The van der Waals surface area contributed by atoms with Crippen LogP contribution in [-0.2, 0) is 17.6 Å². The summed E-state index contributed by atoms with van der Waals surface area (Å²) in [5.74, 6) is 0.972. The summed E-state index contributed by atoms with van der Waals surface area (Å²) in [6, 6.07) is 28.5. The van der Waals surface area contributed by atoms with E-state index in [1.165, 1.54) is 16.2 Å². The third kappa shape index (κ3) is 4.99. The minimum Gasteiger partial charge on any atom is -0.337 e. The summed E-state index contributed by atoms with van der Waals surface area (Å²) in [5.41, 5.74) is 2.21. The van der Waals surface area contributed by atoms with E-state index in [0.717, 1.165) is 16.5 Å². The highest BCUT2D eigenvalue weighted by Gasteiger charge is 2.31. The molecule has 2 atom stereocenters. The van der Waals surface area contributed by atoms with Crippen molar-refractivity contribution in [3.63, 3.8) is 0 Å². The molecule has 4 aromatic carbocycles. The van der Waals surface area contributed by atoms with Crippen LogP contribution in [0.2, 0.25) is 0 Å². The van der Waals surface area contributed by atoms with Gasteiger partial charge in [-0.15, -0.1) is 0 Å². The van der Waals surface area contributed by atoms with Gasteiger partial charge in [0.25, 0.3) is 0 Å². The standard InChI is InChI=1S/C30H30N4O2/c1-20-32-29(36-33-20)28(19-22-13-15-24-9-5-7-11-26(24)17-22)34(3)30(35)27(31-2)18-21-12-14-23-8-4-6-10-25(23)16-21/h4-17,27-28,31H,18-19H2,1-3H3/t27-,28-/m1/s1. The number of aromatic nitrogens is 2. The second-order valence-corrected chi connectivity index (χ2v) is 9.26. The Bertz CT molecular complexity index is 1510. The molecular formula is C30H30N4O2. The van der Waals surface area contributed by atoms with Crippen molar-refractivity contribution in [2.45, 2.75) is 31.8 Å². The van der Waals surface area contributed by atoms with Gasteiger partial charge in [-0.2, -0.15) is 4.98 Å². The van der Waals surface area contributed by atoms with Crippen molar-refractivity contribution in [3.8, 4) is 0 Å². The zero-order valence-electron chi connectivity index (χ0n) is 20.8. The number of carbonyl (C=O) groups excluding carboxylic acids is 1. The van der Waals surface area contributed by atoms with Crippen LogP contribution in [0.3, 0.4) is 0 Å². The molecule has 6 heteroatoms. The van der Waals surface area contributed by atoms with Gasteiger partial charge in [0.05, 0.1) is 6.04 Å². The third-order valence-electron chi connectivity index (χ3n) is 6.79. The van der Waals surface area contributed by atoms with E-state index in [1.54, 1.807) is 11.8 Å². The molecule has 0 saturated carbocycles. The van der Waals surface area contributed by atoms with Gasteiger partial charge < -0.3 is 14.7 Å². The molecule has 182 valence electrons. The smallest absolute Gasteiger partial charge is 0.249 e. The molecule has 1 aromatic heterocycles. The van der Waals surface area contributed by atoms with Gasteiger partial charge in [0, 0.05) is 13.5 Å². The Morgan fingerprint density at radius 1 is 0.861 bits per heavy atom. The van der Waals surface area contributed by atoms with Crippen molar-refractivity contribution in [1.29, 1.82) is 0 Å². The number of rotatable bonds is 8. The lowest BCUT2D eigenvalue weighted by Gasteiger charge is -2.29. The molecule has 6 nitrogen and oxygen atoms in total. The molecule has 1 heterocycles. The molecule has 36 heavy (non-hydrogen) atoms. The largest absolute Gasteiger partial charge is 0.337 e. The minimum atomic E-state index is -0.390. The van der Waals surface area contributed by atoms with Crippen LogP contribution in [0.25, 0.3) is 21.5 Å². The van der Waals surface area contributed by atoms with E-state index in [-0.39, 0.29) is 18.0 Å². The Morgan fingerprint density at radius 2 is 1.42 bits per heavy atom. The molecule has 0 aliphatic carbocycles. The first-order valence-electron chi connectivity index (χ1n) is 12.2. The van der Waals surface area contributed by atoms with E-state index < -0.39 is 0 Å². The Labute approximate surface area is 210 Å². The van der Waals surface area contributed by atoms with Gasteiger partial charge in [0.2, 0.25) is 11.8 Å². The molecule has 5 rings (SSSR count). The number of nitrogens with one attached hydrogen (secondary N) is 1. The molecular weight excluding hydrogens is 448 g/mol. The van der Waals surface area contributed by atoms with E-state index >= 15 is 0 Å². The molecule has 0 bridgehead atoms. The number of hydrogen-bond acceptors (Lipinski definition) is 5. The number of fused-ring (bicyclic) bond motifs is 2. The highest BCUT2D eigenvalue weighted by molar-refractivity contribution is 5.85. The molecule has 0 saturated heterocycles.